The van der Waals surface area contributed by atoms with Crippen LogP contribution in [-0.2, 0) is 6.54 Å². The molecule has 0 amide bonds. The summed E-state index contributed by atoms with van der Waals surface area (Å²) in [6, 6.07) is 7.34. The summed E-state index contributed by atoms with van der Waals surface area (Å²) in [6.07, 6.45) is 2.46. The molecule has 0 saturated heterocycles. The molecular formula is C13H13N3O2. The summed E-state index contributed by atoms with van der Waals surface area (Å²) in [7, 11) is 0. The average molecular weight is 243 g/mol. The minimum Gasteiger partial charge on any atom is -0.408 e. The second-order valence-electron chi connectivity index (χ2n) is 5.02. The number of nitrogens with zero attached hydrogens (tertiary/aromatic N) is 2. The second-order valence-corrected chi connectivity index (χ2v) is 5.02. The van der Waals surface area contributed by atoms with E-state index in [1.165, 1.54) is 0 Å². The van der Waals surface area contributed by atoms with Crippen LogP contribution in [0.5, 0.6) is 0 Å². The molecular weight excluding hydrogens is 230 g/mol. The number of nitriles is 1. The fourth-order valence-electron chi connectivity index (χ4n) is 2.30. The molecule has 18 heavy (non-hydrogen) atoms. The molecule has 5 nitrogen and oxygen atoms in total. The molecule has 92 valence electrons. The van der Waals surface area contributed by atoms with Gasteiger partial charge in [0.2, 0.25) is 0 Å². The standard InChI is InChI=1S/C13H13N3O2/c14-6-5-13(3-4-13)8-16-10-7-9(15)1-2-11(10)18-12(16)17/h1-2,7H,3-5,8,15H2. The Hall–Kier alpha value is -2.22. The van der Waals surface area contributed by atoms with Crippen molar-refractivity contribution in [3.05, 3.63) is 28.7 Å². The lowest BCUT2D eigenvalue weighted by Gasteiger charge is -2.10. The largest absolute Gasteiger partial charge is 0.419 e. The van der Waals surface area contributed by atoms with Gasteiger partial charge in [-0.3, -0.25) is 4.57 Å². The maximum Gasteiger partial charge on any atom is 0.419 e. The maximum absolute atomic E-state index is 11.8. The number of aromatic nitrogens is 1. The molecule has 0 radical (unpaired) electrons. The van der Waals surface area contributed by atoms with Crippen LogP contribution in [-0.4, -0.2) is 4.57 Å². The van der Waals surface area contributed by atoms with Crippen LogP contribution >= 0.6 is 0 Å². The normalized spacial score (nSPS) is 16.6. The number of anilines is 1. The average Bonchev–Trinajstić information content (AvgIpc) is 3.02. The third-order valence-electron chi connectivity index (χ3n) is 3.60. The summed E-state index contributed by atoms with van der Waals surface area (Å²) in [5.41, 5.74) is 7.54. The summed E-state index contributed by atoms with van der Waals surface area (Å²) in [4.78, 5) is 11.8. The van der Waals surface area contributed by atoms with Gasteiger partial charge in [-0.15, -0.1) is 0 Å². The third kappa shape index (κ3) is 1.66. The van der Waals surface area contributed by atoms with E-state index in [4.69, 9.17) is 15.4 Å². The molecule has 0 spiro atoms. The molecule has 1 saturated carbocycles. The van der Waals surface area contributed by atoms with Gasteiger partial charge in [0.25, 0.3) is 0 Å². The van der Waals surface area contributed by atoms with Gasteiger partial charge in [0, 0.05) is 24.1 Å². The number of nitrogens with two attached hydrogens (primary N) is 1. The molecule has 0 atom stereocenters. The Morgan fingerprint density at radius 2 is 2.28 bits per heavy atom. The number of oxazole rings is 1. The van der Waals surface area contributed by atoms with Crippen LogP contribution in [0.25, 0.3) is 11.1 Å². The minimum absolute atomic E-state index is 0.0417. The molecule has 3 rings (SSSR count). The van der Waals surface area contributed by atoms with E-state index in [1.54, 1.807) is 22.8 Å². The van der Waals surface area contributed by atoms with Crippen molar-refractivity contribution in [2.24, 2.45) is 5.41 Å². The van der Waals surface area contributed by atoms with Crippen LogP contribution in [0.1, 0.15) is 19.3 Å². The number of fused-ring (bicyclic) bond motifs is 1. The zero-order chi connectivity index (χ0) is 12.8. The molecule has 1 fully saturated rings. The SMILES string of the molecule is N#CCC1(Cn2c(=O)oc3ccc(N)cc32)CC1. The predicted octanol–water partition coefficient (Wildman–Crippen LogP) is 1.87. The van der Waals surface area contributed by atoms with Gasteiger partial charge in [-0.25, -0.2) is 4.79 Å². The van der Waals surface area contributed by atoms with E-state index in [0.29, 0.717) is 29.8 Å². The summed E-state index contributed by atoms with van der Waals surface area (Å²) >= 11 is 0. The first-order valence-electron chi connectivity index (χ1n) is 5.89. The topological polar surface area (TPSA) is 85.0 Å². The zero-order valence-corrected chi connectivity index (χ0v) is 9.85. The number of hydrogen-bond acceptors (Lipinski definition) is 4. The molecule has 1 heterocycles. The van der Waals surface area contributed by atoms with E-state index in [9.17, 15) is 4.79 Å². The highest BCUT2D eigenvalue weighted by Crippen LogP contribution is 2.50. The molecule has 1 aromatic heterocycles. The lowest BCUT2D eigenvalue weighted by atomic mass is 10.0. The minimum atomic E-state index is -0.375. The van der Waals surface area contributed by atoms with Gasteiger partial charge in [0.15, 0.2) is 5.58 Å². The van der Waals surface area contributed by atoms with Crippen molar-refractivity contribution in [1.82, 2.24) is 4.57 Å². The van der Waals surface area contributed by atoms with Crippen molar-refractivity contribution in [2.45, 2.75) is 25.8 Å². The molecule has 0 aliphatic heterocycles. The van der Waals surface area contributed by atoms with Crippen molar-refractivity contribution in [1.29, 1.82) is 5.26 Å². The van der Waals surface area contributed by atoms with Gasteiger partial charge in [-0.05, 0) is 31.0 Å². The highest BCUT2D eigenvalue weighted by molar-refractivity contribution is 5.77. The fraction of sp³-hybridized carbons (Fsp3) is 0.385. The Balaban J connectivity index is 2.06. The van der Waals surface area contributed by atoms with E-state index in [0.717, 1.165) is 12.8 Å². The first-order chi connectivity index (χ1) is 8.63. The van der Waals surface area contributed by atoms with Crippen LogP contribution < -0.4 is 11.5 Å². The van der Waals surface area contributed by atoms with Gasteiger partial charge < -0.3 is 10.2 Å². The predicted molar refractivity (Wildman–Crippen MR) is 66.8 cm³/mol. The number of benzene rings is 1. The lowest BCUT2D eigenvalue weighted by Crippen LogP contribution is -2.20. The first-order valence-corrected chi connectivity index (χ1v) is 5.89. The van der Waals surface area contributed by atoms with Crippen molar-refractivity contribution in [3.8, 4) is 6.07 Å². The molecule has 0 bridgehead atoms. The Morgan fingerprint density at radius 1 is 1.50 bits per heavy atom. The van der Waals surface area contributed by atoms with Crippen molar-refractivity contribution >= 4 is 16.8 Å². The Kier molecular flexibility index (Phi) is 2.20. The van der Waals surface area contributed by atoms with Gasteiger partial charge in [0.1, 0.15) is 0 Å². The monoisotopic (exact) mass is 243 g/mol. The number of rotatable bonds is 3. The molecule has 2 N–H and O–H groups in total. The summed E-state index contributed by atoms with van der Waals surface area (Å²) in [5, 5.41) is 8.82. The maximum atomic E-state index is 11.8. The highest BCUT2D eigenvalue weighted by atomic mass is 16.4. The van der Waals surface area contributed by atoms with E-state index in [1.807, 2.05) is 0 Å². The molecule has 2 aromatic rings. The highest BCUT2D eigenvalue weighted by Gasteiger charge is 2.43. The first kappa shape index (κ1) is 10.9. The van der Waals surface area contributed by atoms with Crippen LogP contribution in [0.3, 0.4) is 0 Å². The van der Waals surface area contributed by atoms with E-state index >= 15 is 0 Å². The van der Waals surface area contributed by atoms with E-state index in [2.05, 4.69) is 6.07 Å². The van der Waals surface area contributed by atoms with Crippen LogP contribution in [0.4, 0.5) is 5.69 Å². The van der Waals surface area contributed by atoms with E-state index < -0.39 is 0 Å². The van der Waals surface area contributed by atoms with Crippen molar-refractivity contribution in [2.75, 3.05) is 5.73 Å². The summed E-state index contributed by atoms with van der Waals surface area (Å²) in [5.74, 6) is -0.375. The Labute approximate surface area is 103 Å². The molecule has 5 heteroatoms. The van der Waals surface area contributed by atoms with Crippen LogP contribution in [0, 0.1) is 16.7 Å². The molecule has 1 aromatic carbocycles. The lowest BCUT2D eigenvalue weighted by molar-refractivity contribution is 0.403. The van der Waals surface area contributed by atoms with Crippen LogP contribution in [0.2, 0.25) is 0 Å². The quantitative estimate of drug-likeness (QED) is 0.834. The Morgan fingerprint density at radius 3 is 2.94 bits per heavy atom. The number of nitrogen functional groups attached to an aromatic ring is 1. The second kappa shape index (κ2) is 3.64. The van der Waals surface area contributed by atoms with Gasteiger partial charge >= 0.3 is 5.76 Å². The van der Waals surface area contributed by atoms with Crippen LogP contribution in [0.15, 0.2) is 27.4 Å². The van der Waals surface area contributed by atoms with Gasteiger partial charge in [-0.2, -0.15) is 5.26 Å². The van der Waals surface area contributed by atoms with Gasteiger partial charge in [-0.1, -0.05) is 0 Å². The molecule has 0 unspecified atom stereocenters. The number of hydrogen-bond donors (Lipinski definition) is 1. The third-order valence-corrected chi connectivity index (χ3v) is 3.60. The van der Waals surface area contributed by atoms with Crippen molar-refractivity contribution < 1.29 is 4.42 Å². The molecule has 1 aliphatic rings. The zero-order valence-electron chi connectivity index (χ0n) is 9.85. The fourth-order valence-corrected chi connectivity index (χ4v) is 2.30. The summed E-state index contributed by atoms with van der Waals surface area (Å²) < 4.78 is 6.77. The van der Waals surface area contributed by atoms with Gasteiger partial charge in [0.05, 0.1) is 11.6 Å². The summed E-state index contributed by atoms with van der Waals surface area (Å²) in [6.45, 7) is 0.538. The van der Waals surface area contributed by atoms with E-state index in [-0.39, 0.29) is 11.2 Å². The smallest absolute Gasteiger partial charge is 0.408 e. The molecule has 1 aliphatic carbocycles. The van der Waals surface area contributed by atoms with Crippen molar-refractivity contribution in [3.63, 3.8) is 0 Å². The Bertz CT molecular complexity index is 701.